The molecule has 3 aliphatic rings. The Hall–Kier alpha value is -5.10. The van der Waals surface area contributed by atoms with Crippen LogP contribution in [0.1, 0.15) is 51.7 Å². The van der Waals surface area contributed by atoms with Crippen molar-refractivity contribution in [1.29, 1.82) is 0 Å². The molecule has 1 aromatic heterocycles. The van der Waals surface area contributed by atoms with Gasteiger partial charge in [-0.2, -0.15) is 4.58 Å². The molecular weight excluding hydrogens is 739 g/mol. The highest BCUT2D eigenvalue weighted by Crippen LogP contribution is 2.49. The first-order valence-electron chi connectivity index (χ1n) is 16.7. The Kier molecular flexibility index (Phi) is 8.75. The SMILES string of the molecule is CC1(C)C(C=c2c(=O)c(=c3cc/c(=C4/C(=O)C(/C=C5/N(CCC(=O)O)c6ccc(Cl)cc6C5(C)C)=C4[O-])s3)c2=O)=[N+](CCC(=O)O)c2ccc(Cl)cc21. The molecule has 3 aromatic carbocycles. The number of aliphatic carboxylic acids is 2. The average Bonchev–Trinajstić information content (AvgIpc) is 3.69. The van der Waals surface area contributed by atoms with Crippen LogP contribution < -0.4 is 30.6 Å². The maximum Gasteiger partial charge on any atom is 0.309 e. The molecule has 0 saturated heterocycles. The number of nitrogens with zero attached hydrogens (tertiary/aromatic N) is 2. The number of ketones is 1. The van der Waals surface area contributed by atoms with Crippen LogP contribution in [0.3, 0.4) is 0 Å². The van der Waals surface area contributed by atoms with E-state index < -0.39 is 45.2 Å². The minimum Gasteiger partial charge on any atom is -0.871 e. The number of hydrogen-bond donors (Lipinski definition) is 2. The number of rotatable bonds is 8. The fourth-order valence-electron chi connectivity index (χ4n) is 7.53. The van der Waals surface area contributed by atoms with Crippen LogP contribution in [0.5, 0.6) is 0 Å². The number of carbonyl (C=O) groups is 3. The van der Waals surface area contributed by atoms with Gasteiger partial charge in [-0.25, -0.2) is 0 Å². The van der Waals surface area contributed by atoms with Crippen LogP contribution in [0.4, 0.5) is 11.4 Å². The molecule has 3 heterocycles. The van der Waals surface area contributed by atoms with E-state index >= 15 is 0 Å². The Morgan fingerprint density at radius 1 is 0.849 bits per heavy atom. The Morgan fingerprint density at radius 2 is 1.47 bits per heavy atom. The summed E-state index contributed by atoms with van der Waals surface area (Å²) in [6, 6.07) is 13.7. The van der Waals surface area contributed by atoms with E-state index in [-0.39, 0.29) is 47.5 Å². The standard InChI is InChI=1S/C40H32Cl2N2O8S/c1-39(2)23-15-19(41)5-7-25(23)43(13-11-31(45)46)29(39)17-21-35(49)33(36(21)50)27-9-10-28(53-27)34-37(51)22(38(34)52)18-30-40(3,4)24-16-20(42)6-8-26(24)44(30)14-12-32(47)48/h5-10,15-18H,11-14H2,1-4H3,(H2-,45,46,47,48,49,50)/b22-18?,29-17+,34-28?. The van der Waals surface area contributed by atoms with Gasteiger partial charge >= 0.3 is 11.9 Å². The zero-order valence-electron chi connectivity index (χ0n) is 29.0. The lowest BCUT2D eigenvalue weighted by Gasteiger charge is -2.32. The minimum absolute atomic E-state index is 0.0446. The molecule has 0 bridgehead atoms. The van der Waals surface area contributed by atoms with Crippen LogP contribution in [0.2, 0.25) is 10.0 Å². The summed E-state index contributed by atoms with van der Waals surface area (Å²) in [6.45, 7) is 7.91. The number of hydrogen-bond acceptors (Lipinski definition) is 8. The molecule has 53 heavy (non-hydrogen) atoms. The molecule has 270 valence electrons. The van der Waals surface area contributed by atoms with Gasteiger partial charge < -0.3 is 20.2 Å². The first kappa shape index (κ1) is 36.3. The molecule has 2 N–H and O–H groups in total. The van der Waals surface area contributed by atoms with Gasteiger partial charge in [-0.05, 0) is 68.0 Å². The van der Waals surface area contributed by atoms with E-state index in [1.807, 2.05) is 27.7 Å². The van der Waals surface area contributed by atoms with Crippen molar-refractivity contribution >= 4 is 81.0 Å². The second-order valence-corrected chi connectivity index (χ2v) is 16.2. The summed E-state index contributed by atoms with van der Waals surface area (Å²) < 4.78 is 2.45. The Morgan fingerprint density at radius 3 is 2.11 bits per heavy atom. The van der Waals surface area contributed by atoms with Crippen molar-refractivity contribution in [1.82, 2.24) is 0 Å². The molecule has 0 saturated carbocycles. The lowest BCUT2D eigenvalue weighted by Crippen LogP contribution is -2.51. The first-order valence-corrected chi connectivity index (χ1v) is 18.3. The maximum atomic E-state index is 13.5. The monoisotopic (exact) mass is 770 g/mol. The van der Waals surface area contributed by atoms with Gasteiger partial charge in [-0.3, -0.25) is 24.0 Å². The van der Waals surface area contributed by atoms with Crippen molar-refractivity contribution in [2.75, 3.05) is 18.0 Å². The summed E-state index contributed by atoms with van der Waals surface area (Å²) in [5.74, 6) is -2.96. The third-order valence-corrected chi connectivity index (χ3v) is 11.9. The number of halogens is 2. The van der Waals surface area contributed by atoms with Gasteiger partial charge in [0.05, 0.1) is 22.3 Å². The molecule has 0 radical (unpaired) electrons. The number of carboxylic acids is 2. The van der Waals surface area contributed by atoms with Crippen molar-refractivity contribution < 1.29 is 34.3 Å². The summed E-state index contributed by atoms with van der Waals surface area (Å²) in [7, 11) is 0. The smallest absolute Gasteiger partial charge is 0.309 e. The van der Waals surface area contributed by atoms with Crippen LogP contribution in [0, 0.1) is 9.75 Å². The second kappa shape index (κ2) is 12.8. The summed E-state index contributed by atoms with van der Waals surface area (Å²) in [5.41, 5.74) is 1.89. The number of fused-ring (bicyclic) bond motifs is 2. The molecule has 0 amide bonds. The van der Waals surface area contributed by atoms with E-state index in [4.69, 9.17) is 23.2 Å². The molecule has 2 aliphatic heterocycles. The van der Waals surface area contributed by atoms with Gasteiger partial charge in [0.25, 0.3) is 0 Å². The van der Waals surface area contributed by atoms with E-state index in [1.165, 1.54) is 12.2 Å². The predicted molar refractivity (Wildman–Crippen MR) is 201 cm³/mol. The summed E-state index contributed by atoms with van der Waals surface area (Å²) in [5, 5.41) is 33.2. The van der Waals surface area contributed by atoms with Crippen molar-refractivity contribution in [3.8, 4) is 0 Å². The van der Waals surface area contributed by atoms with Crippen molar-refractivity contribution in [2.24, 2.45) is 0 Å². The van der Waals surface area contributed by atoms with Gasteiger partial charge in [0.1, 0.15) is 6.42 Å². The number of allylic oxidation sites excluding steroid dienone is 4. The predicted octanol–water partition coefficient (Wildman–Crippen LogP) is 3.77. The van der Waals surface area contributed by atoms with Gasteiger partial charge in [0.2, 0.25) is 16.5 Å². The van der Waals surface area contributed by atoms with Crippen LogP contribution in [0.15, 0.2) is 81.2 Å². The number of carboxylic acid groups (broad SMARTS) is 2. The molecule has 10 nitrogen and oxygen atoms in total. The molecule has 1 aliphatic carbocycles. The lowest BCUT2D eigenvalue weighted by molar-refractivity contribution is -0.436. The zero-order valence-corrected chi connectivity index (χ0v) is 31.3. The number of thiophene rings is 1. The van der Waals surface area contributed by atoms with Crippen molar-refractivity contribution in [3.63, 3.8) is 0 Å². The highest BCUT2D eigenvalue weighted by molar-refractivity contribution is 7.08. The molecule has 0 unspecified atom stereocenters. The molecular formula is C40H32Cl2N2O8S. The number of Topliss-reactive ketones (excluding diaryl/α,β-unsaturated/α-hetero) is 1. The highest BCUT2D eigenvalue weighted by atomic mass is 35.5. The Labute approximate surface area is 316 Å². The molecule has 0 spiro atoms. The number of carbonyl (C=O) groups excluding carboxylic acids is 1. The van der Waals surface area contributed by atoms with Gasteiger partial charge in [0.15, 0.2) is 18.0 Å². The minimum atomic E-state index is -0.990. The summed E-state index contributed by atoms with van der Waals surface area (Å²) in [6.07, 6.45) is 2.71. The van der Waals surface area contributed by atoms with Crippen LogP contribution >= 0.6 is 34.5 Å². The lowest BCUT2D eigenvalue weighted by atomic mass is 9.80. The molecule has 13 heteroatoms. The van der Waals surface area contributed by atoms with E-state index in [0.717, 1.165) is 33.8 Å². The maximum absolute atomic E-state index is 13.5. The van der Waals surface area contributed by atoms with Crippen LogP contribution in [0.25, 0.3) is 11.6 Å². The third kappa shape index (κ3) is 5.78. The van der Waals surface area contributed by atoms with Gasteiger partial charge in [0, 0.05) is 71.3 Å². The van der Waals surface area contributed by atoms with Gasteiger partial charge in [-0.15, -0.1) is 11.3 Å². The van der Waals surface area contributed by atoms with E-state index in [0.29, 0.717) is 30.5 Å². The Bertz CT molecular complexity index is 2710. The second-order valence-electron chi connectivity index (χ2n) is 14.3. The number of anilines is 1. The summed E-state index contributed by atoms with van der Waals surface area (Å²) >= 11 is 13.6. The topological polar surface area (TPSA) is 155 Å². The van der Waals surface area contributed by atoms with E-state index in [9.17, 15) is 39.3 Å². The van der Waals surface area contributed by atoms with Crippen molar-refractivity contribution in [2.45, 2.75) is 51.4 Å². The van der Waals surface area contributed by atoms with E-state index in [2.05, 4.69) is 0 Å². The van der Waals surface area contributed by atoms with Crippen LogP contribution in [-0.2, 0) is 25.2 Å². The number of benzene rings is 2. The molecule has 7 rings (SSSR count). The highest BCUT2D eigenvalue weighted by Gasteiger charge is 2.45. The summed E-state index contributed by atoms with van der Waals surface area (Å²) in [4.78, 5) is 65.4. The first-order chi connectivity index (χ1) is 24.9. The molecule has 0 fully saturated rings. The normalized spacial score (nSPS) is 18.9. The average molecular weight is 772 g/mol. The Balaban J connectivity index is 1.30. The van der Waals surface area contributed by atoms with Crippen LogP contribution in [-0.4, -0.2) is 51.3 Å². The zero-order chi connectivity index (χ0) is 38.3. The fraction of sp³-hybridized carbons (Fsp3) is 0.250. The molecule has 0 atom stereocenters. The third-order valence-electron chi connectivity index (χ3n) is 10.4. The van der Waals surface area contributed by atoms with E-state index in [1.54, 1.807) is 58.0 Å². The fourth-order valence-corrected chi connectivity index (χ4v) is 8.96. The van der Waals surface area contributed by atoms with Gasteiger partial charge in [-0.1, -0.05) is 42.8 Å². The quantitative estimate of drug-likeness (QED) is 0.255. The largest absolute Gasteiger partial charge is 0.871 e. The van der Waals surface area contributed by atoms with Crippen molar-refractivity contribution in [3.05, 3.63) is 133 Å². The molecule has 4 aromatic rings.